The highest BCUT2D eigenvalue weighted by Gasteiger charge is 2.44. The third kappa shape index (κ3) is 3.33. The van der Waals surface area contributed by atoms with Crippen LogP contribution in [0, 0.1) is 17.8 Å². The van der Waals surface area contributed by atoms with Gasteiger partial charge in [-0.25, -0.2) is 4.79 Å². The average molecular weight is 281 g/mol. The van der Waals surface area contributed by atoms with E-state index in [0.29, 0.717) is 24.7 Å². The zero-order valence-corrected chi connectivity index (χ0v) is 12.7. The monoisotopic (exact) mass is 281 g/mol. The van der Waals surface area contributed by atoms with Crippen LogP contribution in [0.1, 0.15) is 65.2 Å². The van der Waals surface area contributed by atoms with Crippen LogP contribution in [0.15, 0.2) is 0 Å². The standard InChI is InChI=1S/C16H27NO3/c1-11-5-7-13(8-6-11)14(18)17-16(15(19)20)9-3-4-12(2)10-16/h11-13H,3-10H2,1-2H3,(H,17,18)(H,19,20). The second-order valence-electron chi connectivity index (χ2n) is 7.03. The predicted molar refractivity (Wildman–Crippen MR) is 77.3 cm³/mol. The van der Waals surface area contributed by atoms with Gasteiger partial charge in [-0.1, -0.05) is 26.7 Å². The van der Waals surface area contributed by atoms with Crippen LogP contribution in [0.2, 0.25) is 0 Å². The van der Waals surface area contributed by atoms with E-state index in [-0.39, 0.29) is 11.8 Å². The molecule has 2 saturated carbocycles. The van der Waals surface area contributed by atoms with Crippen molar-refractivity contribution in [2.75, 3.05) is 0 Å². The van der Waals surface area contributed by atoms with E-state index in [4.69, 9.17) is 0 Å². The lowest BCUT2D eigenvalue weighted by Crippen LogP contribution is -2.58. The topological polar surface area (TPSA) is 66.4 Å². The Kier molecular flexibility index (Phi) is 4.71. The van der Waals surface area contributed by atoms with Gasteiger partial charge in [0.2, 0.25) is 5.91 Å². The number of carbonyl (C=O) groups excluding carboxylic acids is 1. The number of hydrogen-bond donors (Lipinski definition) is 2. The highest BCUT2D eigenvalue weighted by Crippen LogP contribution is 2.34. The SMILES string of the molecule is CC1CCC(C(=O)NC2(C(=O)O)CCCC(C)C2)CC1. The lowest BCUT2D eigenvalue weighted by atomic mass is 9.75. The maximum Gasteiger partial charge on any atom is 0.329 e. The first-order valence-corrected chi connectivity index (χ1v) is 7.98. The van der Waals surface area contributed by atoms with Crippen LogP contribution < -0.4 is 5.32 Å². The van der Waals surface area contributed by atoms with Gasteiger partial charge in [-0.15, -0.1) is 0 Å². The Morgan fingerprint density at radius 1 is 1.05 bits per heavy atom. The van der Waals surface area contributed by atoms with Gasteiger partial charge in [-0.05, 0) is 50.4 Å². The van der Waals surface area contributed by atoms with E-state index in [1.165, 1.54) is 0 Å². The Balaban J connectivity index is 2.01. The van der Waals surface area contributed by atoms with Crippen molar-refractivity contribution in [1.29, 1.82) is 0 Å². The molecule has 2 fully saturated rings. The number of nitrogens with one attached hydrogen (secondary N) is 1. The van der Waals surface area contributed by atoms with Gasteiger partial charge in [0.05, 0.1) is 0 Å². The van der Waals surface area contributed by atoms with Crippen LogP contribution in [0.4, 0.5) is 0 Å². The summed E-state index contributed by atoms with van der Waals surface area (Å²) in [5.74, 6) is 0.184. The van der Waals surface area contributed by atoms with Crippen LogP contribution in [0.25, 0.3) is 0 Å². The highest BCUT2D eigenvalue weighted by molar-refractivity contribution is 5.88. The summed E-state index contributed by atoms with van der Waals surface area (Å²) in [6, 6.07) is 0. The van der Waals surface area contributed by atoms with Gasteiger partial charge < -0.3 is 10.4 Å². The fourth-order valence-electron chi connectivity index (χ4n) is 3.77. The molecule has 20 heavy (non-hydrogen) atoms. The molecule has 0 spiro atoms. The molecule has 2 rings (SSSR count). The molecule has 2 aliphatic rings. The minimum Gasteiger partial charge on any atom is -0.480 e. The minimum absolute atomic E-state index is 0.0136. The summed E-state index contributed by atoms with van der Waals surface area (Å²) in [4.78, 5) is 24.1. The second kappa shape index (κ2) is 6.15. The molecule has 0 bridgehead atoms. The fraction of sp³-hybridized carbons (Fsp3) is 0.875. The van der Waals surface area contributed by atoms with Gasteiger partial charge in [-0.3, -0.25) is 4.79 Å². The van der Waals surface area contributed by atoms with Crippen molar-refractivity contribution in [1.82, 2.24) is 5.32 Å². The van der Waals surface area contributed by atoms with Crippen molar-refractivity contribution in [3.8, 4) is 0 Å². The number of hydrogen-bond acceptors (Lipinski definition) is 2. The van der Waals surface area contributed by atoms with Crippen molar-refractivity contribution >= 4 is 11.9 Å². The van der Waals surface area contributed by atoms with Gasteiger partial charge in [0.15, 0.2) is 0 Å². The third-order valence-corrected chi connectivity index (χ3v) is 5.16. The van der Waals surface area contributed by atoms with Crippen molar-refractivity contribution in [2.24, 2.45) is 17.8 Å². The summed E-state index contributed by atoms with van der Waals surface area (Å²) in [7, 11) is 0. The highest BCUT2D eigenvalue weighted by atomic mass is 16.4. The molecule has 4 nitrogen and oxygen atoms in total. The van der Waals surface area contributed by atoms with Crippen molar-refractivity contribution < 1.29 is 14.7 Å². The molecule has 0 aliphatic heterocycles. The first-order valence-electron chi connectivity index (χ1n) is 7.98. The summed E-state index contributed by atoms with van der Waals surface area (Å²) in [6.45, 7) is 4.29. The van der Waals surface area contributed by atoms with E-state index in [9.17, 15) is 14.7 Å². The molecule has 2 unspecified atom stereocenters. The Labute approximate surface area is 121 Å². The minimum atomic E-state index is -1.02. The van der Waals surface area contributed by atoms with Gasteiger partial charge >= 0.3 is 5.97 Å². The summed E-state index contributed by atoms with van der Waals surface area (Å²) in [6.07, 6.45) is 7.04. The second-order valence-corrected chi connectivity index (χ2v) is 7.03. The quantitative estimate of drug-likeness (QED) is 0.835. The third-order valence-electron chi connectivity index (χ3n) is 5.16. The van der Waals surface area contributed by atoms with E-state index in [1.54, 1.807) is 0 Å². The first kappa shape index (κ1) is 15.3. The average Bonchev–Trinajstić information content (AvgIpc) is 2.39. The van der Waals surface area contributed by atoms with Crippen LogP contribution in [0.5, 0.6) is 0 Å². The predicted octanol–water partition coefficient (Wildman–Crippen LogP) is 2.96. The van der Waals surface area contributed by atoms with Crippen LogP contribution in [-0.2, 0) is 9.59 Å². The summed E-state index contributed by atoms with van der Waals surface area (Å²) >= 11 is 0. The van der Waals surface area contributed by atoms with Gasteiger partial charge in [0, 0.05) is 5.92 Å². The number of rotatable bonds is 3. The lowest BCUT2D eigenvalue weighted by Gasteiger charge is -2.38. The molecule has 0 aromatic rings. The van der Waals surface area contributed by atoms with Crippen molar-refractivity contribution in [2.45, 2.75) is 70.8 Å². The molecule has 0 heterocycles. The zero-order chi connectivity index (χ0) is 14.8. The number of amides is 1. The summed E-state index contributed by atoms with van der Waals surface area (Å²) in [5.41, 5.74) is -1.02. The smallest absolute Gasteiger partial charge is 0.329 e. The molecular formula is C16H27NO3. The molecule has 2 N–H and O–H groups in total. The number of aliphatic carboxylic acids is 1. The van der Waals surface area contributed by atoms with E-state index in [0.717, 1.165) is 38.5 Å². The van der Waals surface area contributed by atoms with Crippen molar-refractivity contribution in [3.63, 3.8) is 0 Å². The molecule has 0 saturated heterocycles. The van der Waals surface area contributed by atoms with E-state index >= 15 is 0 Å². The molecular weight excluding hydrogens is 254 g/mol. The Hall–Kier alpha value is -1.06. The maximum absolute atomic E-state index is 12.4. The van der Waals surface area contributed by atoms with Crippen LogP contribution in [0.3, 0.4) is 0 Å². The normalized spacial score (nSPS) is 38.2. The number of carbonyl (C=O) groups is 2. The Bertz CT molecular complexity index is 374. The van der Waals surface area contributed by atoms with Gasteiger partial charge in [-0.2, -0.15) is 0 Å². The maximum atomic E-state index is 12.4. The Morgan fingerprint density at radius 2 is 1.70 bits per heavy atom. The number of carboxylic acids is 1. The summed E-state index contributed by atoms with van der Waals surface area (Å²) < 4.78 is 0. The summed E-state index contributed by atoms with van der Waals surface area (Å²) in [5, 5.41) is 12.5. The van der Waals surface area contributed by atoms with Crippen molar-refractivity contribution in [3.05, 3.63) is 0 Å². The first-order chi connectivity index (χ1) is 9.43. The number of carboxylic acid groups (broad SMARTS) is 1. The zero-order valence-electron chi connectivity index (χ0n) is 12.7. The molecule has 2 atom stereocenters. The Morgan fingerprint density at radius 3 is 2.25 bits per heavy atom. The van der Waals surface area contributed by atoms with E-state index in [2.05, 4.69) is 19.2 Å². The molecule has 0 aromatic heterocycles. The molecule has 1 amide bonds. The van der Waals surface area contributed by atoms with Crippen LogP contribution in [-0.4, -0.2) is 22.5 Å². The van der Waals surface area contributed by atoms with E-state index < -0.39 is 11.5 Å². The molecule has 4 heteroatoms. The molecule has 114 valence electrons. The van der Waals surface area contributed by atoms with Crippen LogP contribution >= 0.6 is 0 Å². The fourth-order valence-corrected chi connectivity index (χ4v) is 3.77. The largest absolute Gasteiger partial charge is 0.480 e. The van der Waals surface area contributed by atoms with Gasteiger partial charge in [0.1, 0.15) is 5.54 Å². The van der Waals surface area contributed by atoms with Gasteiger partial charge in [0.25, 0.3) is 0 Å². The molecule has 2 aliphatic carbocycles. The molecule has 0 aromatic carbocycles. The van der Waals surface area contributed by atoms with E-state index in [1.807, 2.05) is 0 Å². The lowest BCUT2D eigenvalue weighted by molar-refractivity contribution is -0.151. The molecule has 0 radical (unpaired) electrons.